The Morgan fingerprint density at radius 1 is 0.960 bits per heavy atom. The van der Waals surface area contributed by atoms with Gasteiger partial charge in [-0.2, -0.15) is 4.98 Å². The van der Waals surface area contributed by atoms with Crippen molar-refractivity contribution in [2.45, 2.75) is 118 Å². The molecule has 2 amide bonds. The second-order valence-corrected chi connectivity index (χ2v) is 21.4. The highest BCUT2D eigenvalue weighted by molar-refractivity contribution is 6.74. The van der Waals surface area contributed by atoms with E-state index in [4.69, 9.17) is 33.3 Å². The van der Waals surface area contributed by atoms with Crippen molar-refractivity contribution in [3.8, 4) is 11.6 Å². The molecule has 0 spiro atoms. The van der Waals surface area contributed by atoms with Crippen LogP contribution in [0.1, 0.15) is 85.6 Å². The average molecular weight is 712 g/mol. The predicted octanol–water partition coefficient (Wildman–Crippen LogP) is 8.39. The van der Waals surface area contributed by atoms with Crippen molar-refractivity contribution in [3.63, 3.8) is 0 Å². The number of ether oxygens (including phenoxy) is 4. The van der Waals surface area contributed by atoms with Crippen LogP contribution in [0.4, 0.5) is 26.9 Å². The Bertz CT molecular complexity index is 1620. The standard InChI is InChI=1S/C37H57N5O7Si/c1-23-19-26(41(12)33(43)47-35(3,4)5)21-28(38-23)39-31-24(2)29(30-32(40-31)46-18-17-45-30)25-15-16-42(34(44)48-36(6,7)8)22-27(20-25)49-50(13,14)37(9,10)11/h15,19,21,27H,16-18,20,22H2,1-14H3,(H,38,39,40). The normalized spacial score (nSPS) is 17.0. The number of pyridine rings is 2. The minimum atomic E-state index is -2.23. The molecule has 2 aliphatic heterocycles. The van der Waals surface area contributed by atoms with Crippen molar-refractivity contribution in [2.24, 2.45) is 0 Å². The maximum Gasteiger partial charge on any atom is 0.414 e. The summed E-state index contributed by atoms with van der Waals surface area (Å²) in [6.45, 7) is 27.5. The molecule has 0 aliphatic carbocycles. The fourth-order valence-electron chi connectivity index (χ4n) is 5.41. The first-order valence-corrected chi connectivity index (χ1v) is 20.2. The molecule has 276 valence electrons. The Hall–Kier alpha value is -3.84. The van der Waals surface area contributed by atoms with E-state index in [1.54, 1.807) is 18.0 Å². The highest BCUT2D eigenvalue weighted by atomic mass is 28.4. The molecule has 4 rings (SSSR count). The third-order valence-corrected chi connectivity index (χ3v) is 13.4. The van der Waals surface area contributed by atoms with Crippen LogP contribution in [-0.4, -0.2) is 86.0 Å². The molecule has 2 aromatic heterocycles. The quantitative estimate of drug-likeness (QED) is 0.292. The number of hydrogen-bond donors (Lipinski definition) is 1. The number of nitrogens with zero attached hydrogens (tertiary/aromatic N) is 4. The Morgan fingerprint density at radius 2 is 1.60 bits per heavy atom. The number of anilines is 3. The number of amides is 2. The Balaban J connectivity index is 1.77. The number of nitrogens with one attached hydrogen (secondary N) is 1. The average Bonchev–Trinajstić information content (AvgIpc) is 3.16. The molecule has 1 N–H and O–H groups in total. The second kappa shape index (κ2) is 14.4. The van der Waals surface area contributed by atoms with E-state index < -0.39 is 25.6 Å². The molecule has 4 heterocycles. The van der Waals surface area contributed by atoms with Gasteiger partial charge in [0, 0.05) is 43.0 Å². The van der Waals surface area contributed by atoms with Crippen LogP contribution in [-0.2, 0) is 13.9 Å². The maximum atomic E-state index is 13.4. The molecular formula is C37H57N5O7Si. The van der Waals surface area contributed by atoms with E-state index in [-0.39, 0.29) is 17.2 Å². The van der Waals surface area contributed by atoms with Crippen molar-refractivity contribution in [2.75, 3.05) is 43.6 Å². The lowest BCUT2D eigenvalue weighted by Crippen LogP contribution is -2.48. The van der Waals surface area contributed by atoms with E-state index in [9.17, 15) is 9.59 Å². The van der Waals surface area contributed by atoms with E-state index in [0.717, 1.165) is 16.7 Å². The number of rotatable bonds is 6. The summed E-state index contributed by atoms with van der Waals surface area (Å²) in [6, 6.07) is 3.60. The van der Waals surface area contributed by atoms with Gasteiger partial charge in [-0.3, -0.25) is 4.90 Å². The SMILES string of the molecule is Cc1cc(N(C)C(=O)OC(C)(C)C)cc(Nc2nc3c(c(C4=CCN(C(=O)OC(C)(C)C)CC(O[Si](C)(C)C(C)(C)C)C4)c2C)OCCO3)n1. The number of carbonyl (C=O) groups is 2. The van der Waals surface area contributed by atoms with Crippen LogP contribution in [0, 0.1) is 13.8 Å². The van der Waals surface area contributed by atoms with E-state index in [0.29, 0.717) is 67.4 Å². The van der Waals surface area contributed by atoms with Gasteiger partial charge < -0.3 is 33.6 Å². The highest BCUT2D eigenvalue weighted by Crippen LogP contribution is 2.45. The molecular weight excluding hydrogens is 655 g/mol. The molecule has 50 heavy (non-hydrogen) atoms. The molecule has 2 aromatic rings. The van der Waals surface area contributed by atoms with Crippen molar-refractivity contribution in [1.29, 1.82) is 0 Å². The van der Waals surface area contributed by atoms with Crippen LogP contribution < -0.4 is 19.7 Å². The number of carbonyl (C=O) groups excluding carboxylic acids is 2. The summed E-state index contributed by atoms with van der Waals surface area (Å²) in [7, 11) is -0.568. The number of aromatic nitrogens is 2. The first-order chi connectivity index (χ1) is 22.9. The van der Waals surface area contributed by atoms with E-state index in [2.05, 4.69) is 45.3 Å². The molecule has 2 aliphatic rings. The molecule has 0 saturated carbocycles. The van der Waals surface area contributed by atoms with Gasteiger partial charge in [0.05, 0.1) is 11.8 Å². The topological polar surface area (TPSA) is 125 Å². The molecule has 0 aromatic carbocycles. The Morgan fingerprint density at radius 3 is 2.22 bits per heavy atom. The lowest BCUT2D eigenvalue weighted by Gasteiger charge is -2.40. The third-order valence-electron chi connectivity index (χ3n) is 8.84. The maximum absolute atomic E-state index is 13.4. The van der Waals surface area contributed by atoms with Crippen molar-refractivity contribution in [3.05, 3.63) is 35.0 Å². The van der Waals surface area contributed by atoms with Crippen LogP contribution in [0.3, 0.4) is 0 Å². The zero-order chi connectivity index (χ0) is 37.4. The van der Waals surface area contributed by atoms with Gasteiger partial charge in [-0.15, -0.1) is 0 Å². The van der Waals surface area contributed by atoms with Crippen LogP contribution in [0.5, 0.6) is 11.6 Å². The van der Waals surface area contributed by atoms with Gasteiger partial charge in [-0.1, -0.05) is 26.8 Å². The predicted molar refractivity (Wildman–Crippen MR) is 199 cm³/mol. The van der Waals surface area contributed by atoms with Crippen LogP contribution in [0.2, 0.25) is 18.1 Å². The minimum Gasteiger partial charge on any atom is -0.484 e. The molecule has 0 bridgehead atoms. The monoisotopic (exact) mass is 711 g/mol. The lowest BCUT2D eigenvalue weighted by molar-refractivity contribution is 0.0195. The number of fused-ring (bicyclic) bond motifs is 1. The molecule has 0 fully saturated rings. The summed E-state index contributed by atoms with van der Waals surface area (Å²) in [4.78, 5) is 39.0. The Labute approximate surface area is 299 Å². The van der Waals surface area contributed by atoms with Crippen molar-refractivity contribution in [1.82, 2.24) is 14.9 Å². The van der Waals surface area contributed by atoms with Crippen LogP contribution in [0.15, 0.2) is 18.2 Å². The van der Waals surface area contributed by atoms with Crippen LogP contribution >= 0.6 is 0 Å². The van der Waals surface area contributed by atoms with Crippen molar-refractivity contribution >= 4 is 43.4 Å². The van der Waals surface area contributed by atoms with Gasteiger partial charge in [0.1, 0.15) is 36.1 Å². The smallest absolute Gasteiger partial charge is 0.414 e. The zero-order valence-electron chi connectivity index (χ0n) is 32.5. The summed E-state index contributed by atoms with van der Waals surface area (Å²) < 4.78 is 30.7. The van der Waals surface area contributed by atoms with Gasteiger partial charge >= 0.3 is 12.2 Å². The lowest BCUT2D eigenvalue weighted by atomic mass is 9.95. The molecule has 0 radical (unpaired) electrons. The van der Waals surface area contributed by atoms with E-state index >= 15 is 0 Å². The first-order valence-electron chi connectivity index (χ1n) is 17.3. The van der Waals surface area contributed by atoms with Gasteiger partial charge in [0.25, 0.3) is 5.88 Å². The Kier molecular flexibility index (Phi) is 11.2. The van der Waals surface area contributed by atoms with Gasteiger partial charge in [0.2, 0.25) is 0 Å². The molecule has 13 heteroatoms. The summed E-state index contributed by atoms with van der Waals surface area (Å²) in [5, 5.41) is 3.36. The number of aryl methyl sites for hydroxylation is 1. The first kappa shape index (κ1) is 39.0. The fraction of sp³-hybridized carbons (Fsp3) is 0.622. The van der Waals surface area contributed by atoms with Crippen LogP contribution in [0.25, 0.3) is 5.57 Å². The largest absolute Gasteiger partial charge is 0.484 e. The molecule has 0 saturated heterocycles. The number of hydrogen-bond acceptors (Lipinski definition) is 10. The molecule has 1 atom stereocenters. The third kappa shape index (κ3) is 9.68. The van der Waals surface area contributed by atoms with E-state index in [1.807, 2.05) is 61.5 Å². The summed E-state index contributed by atoms with van der Waals surface area (Å²) in [6.07, 6.45) is 1.46. The van der Waals surface area contributed by atoms with E-state index in [1.165, 1.54) is 4.90 Å². The molecule has 1 unspecified atom stereocenters. The molecule has 12 nitrogen and oxygen atoms in total. The summed E-state index contributed by atoms with van der Waals surface area (Å²) >= 11 is 0. The van der Waals surface area contributed by atoms with Gasteiger partial charge in [0.15, 0.2) is 14.1 Å². The van der Waals surface area contributed by atoms with Gasteiger partial charge in [-0.05, 0) is 91.6 Å². The van der Waals surface area contributed by atoms with Crippen molar-refractivity contribution < 1.29 is 33.0 Å². The fourth-order valence-corrected chi connectivity index (χ4v) is 6.75. The summed E-state index contributed by atoms with van der Waals surface area (Å²) in [5.74, 6) is 1.96. The highest BCUT2D eigenvalue weighted by Gasteiger charge is 2.41. The van der Waals surface area contributed by atoms with Gasteiger partial charge in [-0.25, -0.2) is 14.6 Å². The second-order valence-electron chi connectivity index (χ2n) is 16.6. The summed E-state index contributed by atoms with van der Waals surface area (Å²) in [5.41, 5.74) is 2.67. The minimum absolute atomic E-state index is 0.0308. The zero-order valence-corrected chi connectivity index (χ0v) is 33.5.